The van der Waals surface area contributed by atoms with Crippen LogP contribution in [0.2, 0.25) is 0 Å². The molecular weight excluding hydrogens is 1410 g/mol. The van der Waals surface area contributed by atoms with Gasteiger partial charge in [0.25, 0.3) is 0 Å². The molecule has 17 heteroatoms. The summed E-state index contributed by atoms with van der Waals surface area (Å²) in [5.41, 5.74) is 13.4. The van der Waals surface area contributed by atoms with Crippen LogP contribution in [0.5, 0.6) is 0 Å². The van der Waals surface area contributed by atoms with Gasteiger partial charge in [0.2, 0.25) is 0 Å². The number of halogens is 4. The Morgan fingerprint density at radius 2 is 0.575 bits per heavy atom. The van der Waals surface area contributed by atoms with Crippen molar-refractivity contribution in [2.45, 2.75) is 0 Å². The van der Waals surface area contributed by atoms with E-state index < -0.39 is 0 Å². The average Bonchev–Trinajstić information content (AvgIpc) is 4.11. The number of benzene rings is 4. The molecule has 0 radical (unpaired) electrons. The quantitative estimate of drug-likeness (QED) is 0.0999. The van der Waals surface area contributed by atoms with Crippen molar-refractivity contribution in [2.24, 2.45) is 28.2 Å². The first-order valence-electron chi connectivity index (χ1n) is 22.4. The molecule has 11 aromatic rings. The molecule has 8 bridgehead atoms. The normalized spacial score (nSPS) is 11.0. The van der Waals surface area contributed by atoms with Crippen LogP contribution in [-0.2, 0) is 47.7 Å². The van der Waals surface area contributed by atoms with Gasteiger partial charge in [0.05, 0.1) is 23.3 Å². The maximum Gasteiger partial charge on any atom is 2.00 e. The van der Waals surface area contributed by atoms with Crippen molar-refractivity contribution >= 4 is 44.1 Å². The van der Waals surface area contributed by atoms with Gasteiger partial charge in [-0.2, -0.15) is 0 Å². The second-order valence-corrected chi connectivity index (χ2v) is 17.4. The molecule has 0 fully saturated rings. The molecule has 0 unspecified atom stereocenters. The van der Waals surface area contributed by atoms with Crippen molar-refractivity contribution < 1.29 is 134 Å². The summed E-state index contributed by atoms with van der Waals surface area (Å²) in [7, 11) is 8.06. The van der Waals surface area contributed by atoms with Crippen molar-refractivity contribution in [1.82, 2.24) is 39.9 Å². The fourth-order valence-corrected chi connectivity index (χ4v) is 9.53. The monoisotopic (exact) mass is 1450 g/mol. The van der Waals surface area contributed by atoms with Crippen LogP contribution in [0.4, 0.5) is 0 Å². The summed E-state index contributed by atoms with van der Waals surface area (Å²) < 4.78 is 8.10. The smallest absolute Gasteiger partial charge is 1.00 e. The van der Waals surface area contributed by atoms with E-state index >= 15 is 0 Å². The Morgan fingerprint density at radius 1 is 0.301 bits per heavy atom. The minimum absolute atomic E-state index is 0. The molecule has 0 saturated heterocycles. The second-order valence-electron chi connectivity index (χ2n) is 17.4. The topological polar surface area (TPSA) is 121 Å². The van der Waals surface area contributed by atoms with Gasteiger partial charge in [0.1, 0.15) is 28.2 Å². The second kappa shape index (κ2) is 21.7. The Balaban J connectivity index is 0.00000142. The predicted octanol–water partition coefficient (Wildman–Crippen LogP) is -3.89. The van der Waals surface area contributed by atoms with Gasteiger partial charge in [-0.05, 0) is 55.3 Å². The van der Waals surface area contributed by atoms with E-state index in [0.29, 0.717) is 45.9 Å². The molecule has 73 heavy (non-hydrogen) atoms. The fraction of sp³-hybridized carbons (Fsp3) is 0.0714. The molecule has 2 aliphatic heterocycles. The molecule has 0 spiro atoms. The maximum atomic E-state index is 5.42. The van der Waals surface area contributed by atoms with E-state index in [9.17, 15) is 0 Å². The summed E-state index contributed by atoms with van der Waals surface area (Å²) in [6.07, 6.45) is 16.4. The molecule has 7 aromatic heterocycles. The number of aryl methyl sites for hydroxylation is 4. The molecule has 4 aromatic carbocycles. The Kier molecular flexibility index (Phi) is 15.9. The van der Waals surface area contributed by atoms with E-state index in [-0.39, 0.29) is 115 Å². The number of nitrogens with zero attached hydrogens (tertiary/aromatic N) is 12. The Hall–Kier alpha value is -5.62. The van der Waals surface area contributed by atoms with Crippen molar-refractivity contribution in [3.8, 4) is 90.1 Å². The van der Waals surface area contributed by atoms with Crippen LogP contribution < -0.4 is 124 Å². The average molecular weight is 1450 g/mol. The molecule has 0 saturated carbocycles. The largest absolute Gasteiger partial charge is 2.00 e. The first kappa shape index (κ1) is 53.7. The summed E-state index contributed by atoms with van der Waals surface area (Å²) in [6, 6.07) is 41.8. The van der Waals surface area contributed by atoms with E-state index in [0.717, 1.165) is 88.3 Å². The van der Waals surface area contributed by atoms with Crippen LogP contribution in [0.25, 0.3) is 134 Å². The van der Waals surface area contributed by atoms with Crippen LogP contribution in [0.15, 0.2) is 171 Å². The Bertz CT molecular complexity index is 3810. The molecule has 12 nitrogen and oxygen atoms in total. The summed E-state index contributed by atoms with van der Waals surface area (Å²) in [5, 5.41) is 3.39. The third kappa shape index (κ3) is 9.48. The van der Waals surface area contributed by atoms with Crippen molar-refractivity contribution in [2.75, 3.05) is 0 Å². The summed E-state index contributed by atoms with van der Waals surface area (Å²) in [4.78, 5) is 43.0. The minimum Gasteiger partial charge on any atom is -1.00 e. The zero-order chi connectivity index (χ0) is 45.6. The van der Waals surface area contributed by atoms with Gasteiger partial charge in [0.15, 0.2) is 49.6 Å². The maximum absolute atomic E-state index is 5.42. The van der Waals surface area contributed by atoms with Gasteiger partial charge in [-0.3, -0.25) is 0 Å². The van der Waals surface area contributed by atoms with E-state index in [1.165, 1.54) is 0 Å². The van der Waals surface area contributed by atoms with Crippen LogP contribution in [0.3, 0.4) is 0 Å². The van der Waals surface area contributed by atoms with Gasteiger partial charge >= 0.3 is 19.5 Å². The standard InChI is InChI=1S/C56H40N12.4HI.Zn/c1-65-25-17-33(18-26-65)37-9-5-13-41-45(37)53-57-49(41)62-54-47-39(35-21-29-67(3)30-22-35)11-7-15-43(47)51(59-54)64-56-48-40(36-23-31-68(4)32-24-36)12-8-16-44(48)52(60-56)63-55-46-38(34-19-27-66(2)28-20-34)10-6-14-42(46)50(58-55)61-53;;;;;/h5-32H,1-4H3;4*1H;/q+2;;;;;+2/p-4. The molecule has 354 valence electrons. The molecule has 0 aliphatic carbocycles. The van der Waals surface area contributed by atoms with Gasteiger partial charge in [-0.1, -0.05) is 72.8 Å². The van der Waals surface area contributed by atoms with Crippen molar-refractivity contribution in [3.63, 3.8) is 0 Å². The third-order valence-corrected chi connectivity index (χ3v) is 13.0. The number of hydrogen-bond acceptors (Lipinski definition) is 6. The zero-order valence-corrected chi connectivity index (χ0v) is 51.3. The van der Waals surface area contributed by atoms with E-state index in [1.54, 1.807) is 0 Å². The number of aromatic nitrogens is 12. The third-order valence-electron chi connectivity index (χ3n) is 13.0. The van der Waals surface area contributed by atoms with Crippen LogP contribution >= 0.6 is 0 Å². The molecule has 13 rings (SSSR count). The van der Waals surface area contributed by atoms with E-state index in [2.05, 4.69) is 121 Å². The number of pyridine rings is 4. The fourth-order valence-electron chi connectivity index (χ4n) is 9.53. The first-order valence-corrected chi connectivity index (χ1v) is 22.4. The van der Waals surface area contributed by atoms with Crippen LogP contribution in [-0.4, -0.2) is 29.9 Å². The molecular formula is C56H40I4N12Zn. The van der Waals surface area contributed by atoms with Gasteiger partial charge < -0.3 is 126 Å². The molecule has 9 heterocycles. The number of rotatable bonds is 4. The molecule has 0 amide bonds. The minimum atomic E-state index is 0. The predicted molar refractivity (Wildman–Crippen MR) is 260 cm³/mol. The molecule has 0 atom stereocenters. The Morgan fingerprint density at radius 3 is 0.918 bits per heavy atom. The summed E-state index contributed by atoms with van der Waals surface area (Å²) in [5.74, 6) is 1.97. The number of hydrogen-bond donors (Lipinski definition) is 0. The van der Waals surface area contributed by atoms with Crippen molar-refractivity contribution in [3.05, 3.63) is 171 Å². The summed E-state index contributed by atoms with van der Waals surface area (Å²) in [6.45, 7) is 0. The first-order chi connectivity index (χ1) is 33.3. The van der Waals surface area contributed by atoms with Crippen LogP contribution in [0, 0.1) is 0 Å². The van der Waals surface area contributed by atoms with Crippen molar-refractivity contribution in [1.29, 1.82) is 0 Å². The van der Waals surface area contributed by atoms with Gasteiger partial charge in [-0.25, -0.2) is 28.2 Å². The SMILES string of the molecule is C[n+]1ccc(-c2cccc3c2-c2nc-3nc3[n-]c(nc4nc(nc5[n-]c(n2)c2cccc(-c6cc[n+](C)cc6)c52)-c2cccc(-c5cc[n+](C)cc5)c2-4)c2cccc(-c4cc[n+](C)cc4)c32)cc1.[I-].[I-].[I-].[I-].[Zn+2]. The Labute approximate surface area is 501 Å². The van der Waals surface area contributed by atoms with E-state index in [1.807, 2.05) is 96.0 Å². The van der Waals surface area contributed by atoms with E-state index in [4.69, 9.17) is 39.9 Å². The summed E-state index contributed by atoms with van der Waals surface area (Å²) >= 11 is 0. The molecule has 2 aliphatic rings. The number of fused-ring (bicyclic) bond motifs is 20. The zero-order valence-electron chi connectivity index (χ0n) is 39.8. The van der Waals surface area contributed by atoms with Crippen LogP contribution in [0.1, 0.15) is 0 Å². The van der Waals surface area contributed by atoms with Gasteiger partial charge in [0, 0.05) is 104 Å². The molecule has 0 N–H and O–H groups in total. The van der Waals surface area contributed by atoms with Gasteiger partial charge in [-0.15, -0.1) is 0 Å².